The third-order valence-corrected chi connectivity index (χ3v) is 6.34. The van der Waals surface area contributed by atoms with E-state index in [1.54, 1.807) is 36.4 Å². The predicted octanol–water partition coefficient (Wildman–Crippen LogP) is 7.11. The van der Waals surface area contributed by atoms with Gasteiger partial charge < -0.3 is 10.1 Å². The number of halogens is 1. The molecule has 1 aromatic heterocycles. The molecule has 38 heavy (non-hydrogen) atoms. The molecule has 1 atom stereocenters. The van der Waals surface area contributed by atoms with E-state index in [4.69, 9.17) is 26.3 Å². The minimum atomic E-state index is -1.03. The molecule has 1 unspecified atom stereocenters. The van der Waals surface area contributed by atoms with Crippen molar-refractivity contribution in [2.24, 2.45) is 0 Å². The Balaban J connectivity index is 1.42. The molecule has 6 nitrogen and oxygen atoms in total. The summed E-state index contributed by atoms with van der Waals surface area (Å²) >= 11 is 6.04. The first kappa shape index (κ1) is 25.1. The number of anilines is 1. The van der Waals surface area contributed by atoms with Gasteiger partial charge in [0.15, 0.2) is 6.10 Å². The zero-order valence-corrected chi connectivity index (χ0v) is 21.6. The molecule has 1 amide bonds. The maximum atomic E-state index is 12.9. The lowest BCUT2D eigenvalue weighted by molar-refractivity contribution is -0.123. The lowest BCUT2D eigenvalue weighted by atomic mass is 10.0. The quantitative estimate of drug-likeness (QED) is 0.241. The monoisotopic (exact) mass is 521 g/mol. The van der Waals surface area contributed by atoms with Crippen LogP contribution in [0.3, 0.4) is 0 Å². The molecule has 0 aliphatic heterocycles. The Morgan fingerprint density at radius 1 is 0.789 bits per heavy atom. The lowest BCUT2D eigenvalue weighted by Crippen LogP contribution is -2.30. The number of esters is 1. The highest BCUT2D eigenvalue weighted by Gasteiger charge is 2.21. The summed E-state index contributed by atoms with van der Waals surface area (Å²) in [6.45, 7) is 3.37. The number of benzene rings is 4. The van der Waals surface area contributed by atoms with Crippen molar-refractivity contribution in [1.29, 1.82) is 0 Å². The van der Waals surface area contributed by atoms with E-state index in [0.29, 0.717) is 27.4 Å². The fourth-order valence-corrected chi connectivity index (χ4v) is 4.19. The largest absolute Gasteiger partial charge is 0.449 e. The summed E-state index contributed by atoms with van der Waals surface area (Å²) in [7, 11) is 0. The molecule has 188 valence electrons. The number of hydrogen-bond donors (Lipinski definition) is 1. The van der Waals surface area contributed by atoms with Gasteiger partial charge in [-0.1, -0.05) is 78.3 Å². The first-order valence-corrected chi connectivity index (χ1v) is 12.5. The summed E-state index contributed by atoms with van der Waals surface area (Å²) in [5.41, 5.74) is 6.19. The number of carbonyl (C=O) groups excluding carboxylic acids is 2. The molecule has 5 aromatic rings. The average molecular weight is 522 g/mol. The fourth-order valence-electron chi connectivity index (χ4n) is 4.02. The van der Waals surface area contributed by atoms with Gasteiger partial charge in [0.05, 0.1) is 28.0 Å². The van der Waals surface area contributed by atoms with Gasteiger partial charge in [0.1, 0.15) is 0 Å². The smallest absolute Gasteiger partial charge is 0.338 e. The Morgan fingerprint density at radius 3 is 2.03 bits per heavy atom. The molecule has 0 spiro atoms. The summed E-state index contributed by atoms with van der Waals surface area (Å²) in [6.07, 6.45) is -1.03. The highest BCUT2D eigenvalue weighted by molar-refractivity contribution is 6.31. The van der Waals surface area contributed by atoms with E-state index in [1.807, 2.05) is 67.6 Å². The van der Waals surface area contributed by atoms with Gasteiger partial charge >= 0.3 is 5.97 Å². The summed E-state index contributed by atoms with van der Waals surface area (Å²) in [6, 6.07) is 29.8. The Labute approximate surface area is 225 Å². The number of carbonyl (C=O) groups is 2. The number of rotatable bonds is 6. The van der Waals surface area contributed by atoms with Crippen molar-refractivity contribution in [3.63, 3.8) is 0 Å². The van der Waals surface area contributed by atoms with E-state index in [2.05, 4.69) is 5.32 Å². The molecular weight excluding hydrogens is 498 g/mol. The number of amides is 1. The molecule has 0 fully saturated rings. The first-order valence-electron chi connectivity index (χ1n) is 12.1. The van der Waals surface area contributed by atoms with Gasteiger partial charge in [-0.2, -0.15) is 0 Å². The molecule has 0 bridgehead atoms. The maximum absolute atomic E-state index is 12.9. The second-order valence-electron chi connectivity index (χ2n) is 8.85. The van der Waals surface area contributed by atoms with Crippen molar-refractivity contribution in [2.75, 3.05) is 5.32 Å². The number of hydrogen-bond acceptors (Lipinski definition) is 5. The molecule has 0 radical (unpaired) electrons. The minimum absolute atomic E-state index is 0.275. The third-order valence-electron chi connectivity index (χ3n) is 6.10. The lowest BCUT2D eigenvalue weighted by Gasteiger charge is -2.15. The zero-order valence-electron chi connectivity index (χ0n) is 20.8. The number of nitrogens with one attached hydrogen (secondary N) is 1. The molecule has 5 rings (SSSR count). The van der Waals surface area contributed by atoms with Crippen LogP contribution in [0, 0.1) is 6.92 Å². The van der Waals surface area contributed by atoms with Crippen LogP contribution in [0.4, 0.5) is 5.69 Å². The van der Waals surface area contributed by atoms with Gasteiger partial charge in [0.2, 0.25) is 0 Å². The van der Waals surface area contributed by atoms with Gasteiger partial charge in [-0.3, -0.25) is 4.79 Å². The normalized spacial score (nSPS) is 11.7. The van der Waals surface area contributed by atoms with Crippen LogP contribution in [0.1, 0.15) is 22.8 Å². The molecule has 7 heteroatoms. The number of fused-ring (bicyclic) bond motifs is 1. The molecule has 0 saturated heterocycles. The third kappa shape index (κ3) is 5.41. The Hall–Kier alpha value is -4.55. The van der Waals surface area contributed by atoms with Crippen LogP contribution < -0.4 is 5.32 Å². The van der Waals surface area contributed by atoms with Crippen molar-refractivity contribution in [1.82, 2.24) is 9.97 Å². The molecule has 4 aromatic carbocycles. The van der Waals surface area contributed by atoms with Crippen molar-refractivity contribution >= 4 is 40.2 Å². The number of aryl methyl sites for hydroxylation is 1. The van der Waals surface area contributed by atoms with E-state index in [9.17, 15) is 9.59 Å². The SMILES string of the molecule is Cc1ccc(Cl)cc1NC(=O)C(C)OC(=O)c1ccc2nc(-c3ccccc3)c(-c3ccccc3)nc2c1. The summed E-state index contributed by atoms with van der Waals surface area (Å²) in [5, 5.41) is 3.26. The summed E-state index contributed by atoms with van der Waals surface area (Å²) in [5.74, 6) is -1.09. The second kappa shape index (κ2) is 10.8. The minimum Gasteiger partial charge on any atom is -0.449 e. The molecule has 1 N–H and O–H groups in total. The van der Waals surface area contributed by atoms with E-state index >= 15 is 0 Å². The standard InChI is InChI=1S/C31H24ClN3O3/c1-19-13-15-24(32)18-26(19)35-30(36)20(2)38-31(37)23-14-16-25-27(17-23)34-29(22-11-7-4-8-12-22)28(33-25)21-9-5-3-6-10-21/h3-18,20H,1-2H3,(H,35,36). The van der Waals surface area contributed by atoms with Gasteiger partial charge in [-0.15, -0.1) is 0 Å². The van der Waals surface area contributed by atoms with E-state index in [-0.39, 0.29) is 5.56 Å². The highest BCUT2D eigenvalue weighted by Crippen LogP contribution is 2.31. The molecule has 0 saturated carbocycles. The Kier molecular flexibility index (Phi) is 7.15. The predicted molar refractivity (Wildman–Crippen MR) is 150 cm³/mol. The number of aromatic nitrogens is 2. The van der Waals surface area contributed by atoms with Crippen LogP contribution in [-0.2, 0) is 9.53 Å². The van der Waals surface area contributed by atoms with Crippen molar-refractivity contribution < 1.29 is 14.3 Å². The topological polar surface area (TPSA) is 81.2 Å². The summed E-state index contributed by atoms with van der Waals surface area (Å²) < 4.78 is 5.47. The molecule has 0 aliphatic carbocycles. The van der Waals surface area contributed by atoms with Crippen LogP contribution in [0.2, 0.25) is 5.02 Å². The van der Waals surface area contributed by atoms with Crippen molar-refractivity contribution in [3.8, 4) is 22.5 Å². The van der Waals surface area contributed by atoms with E-state index < -0.39 is 18.0 Å². The second-order valence-corrected chi connectivity index (χ2v) is 9.29. The first-order chi connectivity index (χ1) is 18.4. The number of ether oxygens (including phenoxy) is 1. The fraction of sp³-hybridized carbons (Fsp3) is 0.0968. The highest BCUT2D eigenvalue weighted by atomic mass is 35.5. The van der Waals surface area contributed by atoms with E-state index in [1.165, 1.54) is 6.92 Å². The molecule has 0 aliphatic rings. The van der Waals surface area contributed by atoms with Gasteiger partial charge in [0.25, 0.3) is 5.91 Å². The van der Waals surface area contributed by atoms with E-state index in [0.717, 1.165) is 22.4 Å². The van der Waals surface area contributed by atoms with Crippen LogP contribution in [-0.4, -0.2) is 27.9 Å². The van der Waals surface area contributed by atoms with Crippen LogP contribution in [0.5, 0.6) is 0 Å². The van der Waals surface area contributed by atoms with Crippen molar-refractivity contribution in [3.05, 3.63) is 113 Å². The van der Waals surface area contributed by atoms with Crippen LogP contribution in [0.25, 0.3) is 33.5 Å². The molecule has 1 heterocycles. The summed E-state index contributed by atoms with van der Waals surface area (Å²) in [4.78, 5) is 35.4. The van der Waals surface area contributed by atoms with Crippen LogP contribution in [0.15, 0.2) is 97.1 Å². The van der Waals surface area contributed by atoms with Gasteiger partial charge in [-0.25, -0.2) is 14.8 Å². The van der Waals surface area contributed by atoms with Gasteiger partial charge in [-0.05, 0) is 49.7 Å². The average Bonchev–Trinajstić information content (AvgIpc) is 2.94. The number of nitrogens with zero attached hydrogens (tertiary/aromatic N) is 2. The Morgan fingerprint density at radius 2 is 1.39 bits per heavy atom. The molecular formula is C31H24ClN3O3. The Bertz CT molecular complexity index is 1640. The van der Waals surface area contributed by atoms with Gasteiger partial charge in [0, 0.05) is 21.8 Å². The maximum Gasteiger partial charge on any atom is 0.338 e. The zero-order chi connectivity index (χ0) is 26.6. The van der Waals surface area contributed by atoms with Crippen molar-refractivity contribution in [2.45, 2.75) is 20.0 Å². The van der Waals surface area contributed by atoms with Crippen LogP contribution >= 0.6 is 11.6 Å².